The summed E-state index contributed by atoms with van der Waals surface area (Å²) in [6.07, 6.45) is 4.60. The van der Waals surface area contributed by atoms with Gasteiger partial charge < -0.3 is 9.88 Å². The number of unbranched alkanes of at least 4 members (excludes halogenated alkanes) is 3. The molecule has 1 aromatic heterocycles. The Morgan fingerprint density at radius 1 is 1.03 bits per heavy atom. The molecule has 0 radical (unpaired) electrons. The molecule has 0 spiro atoms. The average molecular weight is 425 g/mol. The number of urea groups is 1. The van der Waals surface area contributed by atoms with E-state index in [9.17, 15) is 9.59 Å². The summed E-state index contributed by atoms with van der Waals surface area (Å²) in [6, 6.07) is 17.0. The van der Waals surface area contributed by atoms with E-state index in [-0.39, 0.29) is 5.91 Å². The van der Waals surface area contributed by atoms with Gasteiger partial charge in [0.1, 0.15) is 5.25 Å². The van der Waals surface area contributed by atoms with Gasteiger partial charge >= 0.3 is 6.03 Å². The van der Waals surface area contributed by atoms with Crippen LogP contribution in [0.3, 0.4) is 0 Å². The molecule has 1 atom stereocenters. The topological polar surface area (TPSA) is 76.0 Å². The lowest BCUT2D eigenvalue weighted by Crippen LogP contribution is -2.39. The molecule has 3 rings (SSSR count). The highest BCUT2D eigenvalue weighted by Gasteiger charge is 2.26. The fourth-order valence-corrected chi connectivity index (χ4v) is 4.44. The summed E-state index contributed by atoms with van der Waals surface area (Å²) in [7, 11) is 1.49. The van der Waals surface area contributed by atoms with E-state index in [0.717, 1.165) is 41.1 Å². The second kappa shape index (κ2) is 10.8. The molecule has 0 unspecified atom stereocenters. The lowest BCUT2D eigenvalue weighted by Gasteiger charge is -2.17. The maximum absolute atomic E-state index is 12.9. The fourth-order valence-electron chi connectivity index (χ4n) is 3.30. The molecule has 3 aromatic rings. The number of benzene rings is 2. The van der Waals surface area contributed by atoms with Gasteiger partial charge in [0, 0.05) is 13.6 Å². The van der Waals surface area contributed by atoms with Crippen LogP contribution in [0.2, 0.25) is 0 Å². The van der Waals surface area contributed by atoms with Crippen molar-refractivity contribution in [2.45, 2.75) is 49.6 Å². The van der Waals surface area contributed by atoms with E-state index < -0.39 is 11.3 Å². The van der Waals surface area contributed by atoms with Crippen molar-refractivity contribution in [2.75, 3.05) is 7.05 Å². The maximum Gasteiger partial charge on any atom is 0.321 e. The molecule has 7 heteroatoms. The van der Waals surface area contributed by atoms with Crippen LogP contribution in [0.4, 0.5) is 4.79 Å². The first-order valence-corrected chi connectivity index (χ1v) is 11.2. The van der Waals surface area contributed by atoms with Crippen LogP contribution < -0.4 is 10.6 Å². The van der Waals surface area contributed by atoms with Gasteiger partial charge in [0.15, 0.2) is 5.16 Å². The van der Waals surface area contributed by atoms with E-state index in [4.69, 9.17) is 4.98 Å². The summed E-state index contributed by atoms with van der Waals surface area (Å²) in [5, 5.41) is 5.05. The Hall–Kier alpha value is -2.80. The van der Waals surface area contributed by atoms with Gasteiger partial charge in [-0.05, 0) is 24.1 Å². The number of carbonyl (C=O) groups is 2. The number of amides is 3. The highest BCUT2D eigenvalue weighted by molar-refractivity contribution is 8.00. The van der Waals surface area contributed by atoms with Crippen molar-refractivity contribution < 1.29 is 9.59 Å². The summed E-state index contributed by atoms with van der Waals surface area (Å²) in [4.78, 5) is 29.5. The van der Waals surface area contributed by atoms with Crippen LogP contribution in [0.15, 0.2) is 59.8 Å². The maximum atomic E-state index is 12.9. The number of carbonyl (C=O) groups excluding carboxylic acids is 2. The number of thioether (sulfide) groups is 1. The van der Waals surface area contributed by atoms with Crippen molar-refractivity contribution in [2.24, 2.45) is 0 Å². The number of hydrogen-bond acceptors (Lipinski definition) is 4. The Labute approximate surface area is 181 Å². The fraction of sp³-hybridized carbons (Fsp3) is 0.348. The van der Waals surface area contributed by atoms with Gasteiger partial charge in [0.2, 0.25) is 5.91 Å². The molecule has 6 nitrogen and oxygen atoms in total. The SMILES string of the molecule is CCCCCCn1c(S[C@@H](C(=O)NC(=O)NC)c2ccccc2)nc2ccccc21. The number of imidazole rings is 1. The number of rotatable bonds is 9. The van der Waals surface area contributed by atoms with Crippen LogP contribution in [-0.2, 0) is 11.3 Å². The Kier molecular flexibility index (Phi) is 7.90. The Morgan fingerprint density at radius 3 is 2.50 bits per heavy atom. The molecular formula is C23H28N4O2S. The van der Waals surface area contributed by atoms with Crippen molar-refractivity contribution in [3.63, 3.8) is 0 Å². The van der Waals surface area contributed by atoms with Crippen molar-refractivity contribution >= 4 is 34.7 Å². The number of para-hydroxylation sites is 2. The number of imide groups is 1. The number of fused-ring (bicyclic) bond motifs is 1. The normalized spacial score (nSPS) is 11.9. The van der Waals surface area contributed by atoms with E-state index in [2.05, 4.69) is 28.2 Å². The number of hydrogen-bond donors (Lipinski definition) is 2. The summed E-state index contributed by atoms with van der Waals surface area (Å²) >= 11 is 1.38. The van der Waals surface area contributed by atoms with Gasteiger partial charge in [-0.25, -0.2) is 9.78 Å². The summed E-state index contributed by atoms with van der Waals surface area (Å²) in [5.41, 5.74) is 2.80. The Bertz CT molecular complexity index is 987. The van der Waals surface area contributed by atoms with Crippen LogP contribution in [0.25, 0.3) is 11.0 Å². The van der Waals surface area contributed by atoms with Crippen molar-refractivity contribution in [3.8, 4) is 0 Å². The van der Waals surface area contributed by atoms with Gasteiger partial charge in [-0.2, -0.15) is 0 Å². The second-order valence-corrected chi connectivity index (χ2v) is 8.14. The zero-order valence-electron chi connectivity index (χ0n) is 17.4. The zero-order chi connectivity index (χ0) is 21.3. The lowest BCUT2D eigenvalue weighted by atomic mass is 10.1. The van der Waals surface area contributed by atoms with Crippen LogP contribution in [0.5, 0.6) is 0 Å². The molecule has 0 saturated carbocycles. The molecule has 1 heterocycles. The summed E-state index contributed by atoms with van der Waals surface area (Å²) < 4.78 is 2.19. The monoisotopic (exact) mass is 424 g/mol. The lowest BCUT2D eigenvalue weighted by molar-refractivity contribution is -0.119. The number of aryl methyl sites for hydroxylation is 1. The smallest absolute Gasteiger partial charge is 0.321 e. The molecule has 0 aliphatic rings. The number of nitrogens with zero attached hydrogens (tertiary/aromatic N) is 2. The standard InChI is InChI=1S/C23H28N4O2S/c1-3-4-5-11-16-27-19-15-10-9-14-18(19)25-23(27)30-20(17-12-7-6-8-13-17)21(28)26-22(29)24-2/h6-10,12-15,20H,3-5,11,16H2,1-2H3,(H2,24,26,28,29)/t20-/m1/s1. The van der Waals surface area contributed by atoms with E-state index in [0.29, 0.717) is 0 Å². The van der Waals surface area contributed by atoms with Crippen LogP contribution in [-0.4, -0.2) is 28.5 Å². The first-order chi connectivity index (χ1) is 14.6. The van der Waals surface area contributed by atoms with Gasteiger partial charge in [0.05, 0.1) is 11.0 Å². The molecule has 3 amide bonds. The average Bonchev–Trinajstić information content (AvgIpc) is 3.12. The van der Waals surface area contributed by atoms with Gasteiger partial charge in [0.25, 0.3) is 0 Å². The predicted octanol–water partition coefficient (Wildman–Crippen LogP) is 4.91. The van der Waals surface area contributed by atoms with Crippen molar-refractivity contribution in [3.05, 3.63) is 60.2 Å². The molecule has 2 aromatic carbocycles. The second-order valence-electron chi connectivity index (χ2n) is 7.07. The molecule has 0 bridgehead atoms. The third kappa shape index (κ3) is 5.42. The molecule has 0 saturated heterocycles. The van der Waals surface area contributed by atoms with Crippen molar-refractivity contribution in [1.29, 1.82) is 0 Å². The third-order valence-electron chi connectivity index (χ3n) is 4.88. The zero-order valence-corrected chi connectivity index (χ0v) is 18.2. The van der Waals surface area contributed by atoms with Gasteiger partial charge in [-0.3, -0.25) is 10.1 Å². The quantitative estimate of drug-likeness (QED) is 0.378. The minimum absolute atomic E-state index is 0.366. The van der Waals surface area contributed by atoms with Gasteiger partial charge in [-0.15, -0.1) is 0 Å². The molecule has 2 N–H and O–H groups in total. The van der Waals surface area contributed by atoms with Crippen molar-refractivity contribution in [1.82, 2.24) is 20.2 Å². The van der Waals surface area contributed by atoms with Crippen LogP contribution in [0.1, 0.15) is 43.4 Å². The Morgan fingerprint density at radius 2 is 1.77 bits per heavy atom. The predicted molar refractivity (Wildman–Crippen MR) is 122 cm³/mol. The van der Waals surface area contributed by atoms with E-state index in [1.807, 2.05) is 48.5 Å². The first-order valence-electron chi connectivity index (χ1n) is 10.3. The molecule has 30 heavy (non-hydrogen) atoms. The summed E-state index contributed by atoms with van der Waals surface area (Å²) in [5.74, 6) is -0.366. The highest BCUT2D eigenvalue weighted by Crippen LogP contribution is 2.36. The van der Waals surface area contributed by atoms with E-state index in [1.54, 1.807) is 0 Å². The minimum Gasteiger partial charge on any atom is -0.341 e. The van der Waals surface area contributed by atoms with Crippen LogP contribution in [0, 0.1) is 0 Å². The van der Waals surface area contributed by atoms with E-state index >= 15 is 0 Å². The van der Waals surface area contributed by atoms with Gasteiger partial charge in [-0.1, -0.05) is 80.4 Å². The number of nitrogens with one attached hydrogen (secondary N) is 2. The first kappa shape index (κ1) is 21.9. The molecule has 0 aliphatic heterocycles. The Balaban J connectivity index is 1.93. The minimum atomic E-state index is -0.588. The van der Waals surface area contributed by atoms with E-state index in [1.165, 1.54) is 31.7 Å². The molecule has 0 aliphatic carbocycles. The number of aromatic nitrogens is 2. The molecule has 158 valence electrons. The summed E-state index contributed by atoms with van der Waals surface area (Å²) in [6.45, 7) is 3.05. The largest absolute Gasteiger partial charge is 0.341 e. The molecule has 0 fully saturated rings. The highest BCUT2D eigenvalue weighted by atomic mass is 32.2. The van der Waals surface area contributed by atoms with Crippen LogP contribution >= 0.6 is 11.8 Å². The third-order valence-corrected chi connectivity index (χ3v) is 6.13. The molecular weight excluding hydrogens is 396 g/mol.